The van der Waals surface area contributed by atoms with Gasteiger partial charge in [-0.3, -0.25) is 4.79 Å². The molecule has 0 spiro atoms. The summed E-state index contributed by atoms with van der Waals surface area (Å²) in [6.45, 7) is 2.36. The molecule has 0 atom stereocenters. The van der Waals surface area contributed by atoms with E-state index >= 15 is 0 Å². The highest BCUT2D eigenvalue weighted by atomic mass is 32.1. The molecule has 1 fully saturated rings. The van der Waals surface area contributed by atoms with Crippen LogP contribution in [0.2, 0.25) is 0 Å². The topological polar surface area (TPSA) is 91.8 Å². The quantitative estimate of drug-likeness (QED) is 0.363. The number of hydrogen-bond acceptors (Lipinski definition) is 5. The van der Waals surface area contributed by atoms with Crippen molar-refractivity contribution in [2.45, 2.75) is 32.2 Å². The van der Waals surface area contributed by atoms with Crippen LogP contribution < -0.4 is 5.73 Å². The maximum Gasteiger partial charge on any atom is 0.265 e. The van der Waals surface area contributed by atoms with E-state index in [1.807, 2.05) is 6.92 Å². The van der Waals surface area contributed by atoms with E-state index in [9.17, 15) is 4.79 Å². The summed E-state index contributed by atoms with van der Waals surface area (Å²) in [6, 6.07) is 0.298. The number of nitrogens with two attached hydrogens (primary N) is 1. The number of carbonyl (C=O) groups is 1. The number of rotatable bonds is 5. The van der Waals surface area contributed by atoms with Crippen molar-refractivity contribution < 1.29 is 10.0 Å². The van der Waals surface area contributed by atoms with Gasteiger partial charge in [-0.1, -0.05) is 5.16 Å². The SMILES string of the molecule is Cc1ncc(C(=O)N(CC/C(N)=N/O)C2CC2)s1. The van der Waals surface area contributed by atoms with Crippen LogP contribution in [0.5, 0.6) is 0 Å². The Morgan fingerprint density at radius 2 is 2.44 bits per heavy atom. The predicted octanol–water partition coefficient (Wildman–Crippen LogP) is 1.19. The van der Waals surface area contributed by atoms with Crippen LogP contribution in [0.25, 0.3) is 0 Å². The lowest BCUT2D eigenvalue weighted by atomic mass is 10.3. The van der Waals surface area contributed by atoms with Gasteiger partial charge in [0.25, 0.3) is 5.91 Å². The molecule has 0 aromatic carbocycles. The van der Waals surface area contributed by atoms with Gasteiger partial charge in [0.2, 0.25) is 0 Å². The first-order valence-corrected chi connectivity index (χ1v) is 6.63. The van der Waals surface area contributed by atoms with E-state index in [1.165, 1.54) is 11.3 Å². The fourth-order valence-corrected chi connectivity index (χ4v) is 2.46. The zero-order chi connectivity index (χ0) is 13.1. The first-order valence-electron chi connectivity index (χ1n) is 5.81. The summed E-state index contributed by atoms with van der Waals surface area (Å²) in [6.07, 6.45) is 4.05. The van der Waals surface area contributed by atoms with Gasteiger partial charge in [0, 0.05) is 19.0 Å². The van der Waals surface area contributed by atoms with Crippen molar-refractivity contribution in [2.24, 2.45) is 10.9 Å². The van der Waals surface area contributed by atoms with Crippen molar-refractivity contribution in [3.05, 3.63) is 16.1 Å². The molecule has 0 saturated heterocycles. The highest BCUT2D eigenvalue weighted by Crippen LogP contribution is 2.29. The summed E-state index contributed by atoms with van der Waals surface area (Å²) in [5.74, 6) is 0.141. The van der Waals surface area contributed by atoms with Gasteiger partial charge in [-0.25, -0.2) is 4.98 Å². The molecule has 7 heteroatoms. The molecule has 1 aliphatic carbocycles. The van der Waals surface area contributed by atoms with Crippen LogP contribution in [0.1, 0.15) is 33.9 Å². The number of carbonyl (C=O) groups excluding carboxylic acids is 1. The van der Waals surface area contributed by atoms with Crippen molar-refractivity contribution in [1.82, 2.24) is 9.88 Å². The monoisotopic (exact) mass is 268 g/mol. The van der Waals surface area contributed by atoms with Crippen LogP contribution >= 0.6 is 11.3 Å². The molecule has 1 aromatic heterocycles. The van der Waals surface area contributed by atoms with E-state index in [1.54, 1.807) is 11.1 Å². The van der Waals surface area contributed by atoms with E-state index in [0.717, 1.165) is 17.8 Å². The highest BCUT2D eigenvalue weighted by molar-refractivity contribution is 7.13. The number of amides is 1. The van der Waals surface area contributed by atoms with Crippen molar-refractivity contribution >= 4 is 23.1 Å². The Bertz CT molecular complexity index is 467. The van der Waals surface area contributed by atoms with Gasteiger partial charge in [0.05, 0.1) is 11.2 Å². The Kier molecular flexibility index (Phi) is 3.81. The molecule has 0 unspecified atom stereocenters. The lowest BCUT2D eigenvalue weighted by Crippen LogP contribution is -2.35. The van der Waals surface area contributed by atoms with Gasteiger partial charge >= 0.3 is 0 Å². The average molecular weight is 268 g/mol. The third-order valence-corrected chi connectivity index (χ3v) is 3.72. The molecule has 1 aliphatic rings. The van der Waals surface area contributed by atoms with Gasteiger partial charge in [-0.15, -0.1) is 11.3 Å². The van der Waals surface area contributed by atoms with E-state index in [-0.39, 0.29) is 11.7 Å². The van der Waals surface area contributed by atoms with Crippen LogP contribution in [-0.4, -0.2) is 39.4 Å². The van der Waals surface area contributed by atoms with Crippen LogP contribution in [0.4, 0.5) is 0 Å². The van der Waals surface area contributed by atoms with Gasteiger partial charge in [0.1, 0.15) is 10.7 Å². The molecular weight excluding hydrogens is 252 g/mol. The van der Waals surface area contributed by atoms with E-state index in [0.29, 0.717) is 23.9 Å². The molecule has 1 heterocycles. The Hall–Kier alpha value is -1.63. The van der Waals surface area contributed by atoms with Gasteiger partial charge < -0.3 is 15.8 Å². The van der Waals surface area contributed by atoms with Crippen molar-refractivity contribution in [2.75, 3.05) is 6.54 Å². The summed E-state index contributed by atoms with van der Waals surface area (Å²) in [4.78, 5) is 18.8. The second kappa shape index (κ2) is 5.34. The summed E-state index contributed by atoms with van der Waals surface area (Å²) in [7, 11) is 0. The Morgan fingerprint density at radius 1 is 1.72 bits per heavy atom. The van der Waals surface area contributed by atoms with E-state index in [2.05, 4.69) is 10.1 Å². The highest BCUT2D eigenvalue weighted by Gasteiger charge is 2.33. The van der Waals surface area contributed by atoms with E-state index < -0.39 is 0 Å². The predicted molar refractivity (Wildman–Crippen MR) is 68.9 cm³/mol. The zero-order valence-electron chi connectivity index (χ0n) is 10.2. The number of nitrogens with zero attached hydrogens (tertiary/aromatic N) is 3. The molecule has 0 aliphatic heterocycles. The standard InChI is InChI=1S/C11H16N4O2S/c1-7-13-6-9(18-7)11(16)15(8-2-3-8)5-4-10(12)14-17/h6,8,17H,2-5H2,1H3,(H2,12,14). The molecule has 1 saturated carbocycles. The first-order chi connectivity index (χ1) is 8.61. The molecule has 3 N–H and O–H groups in total. The minimum Gasteiger partial charge on any atom is -0.409 e. The average Bonchev–Trinajstić information content (AvgIpc) is 3.10. The molecule has 18 heavy (non-hydrogen) atoms. The zero-order valence-corrected chi connectivity index (χ0v) is 11.0. The van der Waals surface area contributed by atoms with Crippen LogP contribution in [0.15, 0.2) is 11.4 Å². The first kappa shape index (κ1) is 12.8. The Balaban J connectivity index is 2.03. The number of aromatic nitrogens is 1. The second-order valence-electron chi connectivity index (χ2n) is 4.31. The molecule has 0 bridgehead atoms. The van der Waals surface area contributed by atoms with Crippen LogP contribution in [0.3, 0.4) is 0 Å². The third kappa shape index (κ3) is 2.98. The number of aryl methyl sites for hydroxylation is 1. The summed E-state index contributed by atoms with van der Waals surface area (Å²) in [5.41, 5.74) is 5.44. The van der Waals surface area contributed by atoms with Crippen molar-refractivity contribution in [3.8, 4) is 0 Å². The molecule has 1 amide bonds. The molecule has 2 rings (SSSR count). The number of thiazole rings is 1. The Labute approximate surface area is 109 Å². The maximum absolute atomic E-state index is 12.3. The maximum atomic E-state index is 12.3. The second-order valence-corrected chi connectivity index (χ2v) is 5.55. The summed E-state index contributed by atoms with van der Waals surface area (Å²) in [5, 5.41) is 12.3. The lowest BCUT2D eigenvalue weighted by molar-refractivity contribution is 0.0752. The summed E-state index contributed by atoms with van der Waals surface area (Å²) < 4.78 is 0. The van der Waals surface area contributed by atoms with Crippen molar-refractivity contribution in [3.63, 3.8) is 0 Å². The molecule has 6 nitrogen and oxygen atoms in total. The fourth-order valence-electron chi connectivity index (χ4n) is 1.72. The van der Waals surface area contributed by atoms with Crippen molar-refractivity contribution in [1.29, 1.82) is 0 Å². The Morgan fingerprint density at radius 3 is 2.94 bits per heavy atom. The number of amidine groups is 1. The number of hydrogen-bond donors (Lipinski definition) is 2. The van der Waals surface area contributed by atoms with Crippen LogP contribution in [0, 0.1) is 6.92 Å². The normalized spacial score (nSPS) is 15.7. The minimum absolute atomic E-state index is 0.00570. The lowest BCUT2D eigenvalue weighted by Gasteiger charge is -2.21. The van der Waals surface area contributed by atoms with Gasteiger partial charge in [-0.05, 0) is 19.8 Å². The molecule has 1 aromatic rings. The largest absolute Gasteiger partial charge is 0.409 e. The fraction of sp³-hybridized carbons (Fsp3) is 0.545. The molecule has 98 valence electrons. The third-order valence-electron chi connectivity index (χ3n) is 2.82. The van der Waals surface area contributed by atoms with Crippen LogP contribution in [-0.2, 0) is 0 Å². The van der Waals surface area contributed by atoms with Gasteiger partial charge in [-0.2, -0.15) is 0 Å². The minimum atomic E-state index is -0.00570. The molecule has 0 radical (unpaired) electrons. The van der Waals surface area contributed by atoms with E-state index in [4.69, 9.17) is 10.9 Å². The smallest absolute Gasteiger partial charge is 0.265 e. The molecular formula is C11H16N4O2S. The van der Waals surface area contributed by atoms with Gasteiger partial charge in [0.15, 0.2) is 0 Å². The number of oxime groups is 1. The summed E-state index contributed by atoms with van der Waals surface area (Å²) >= 11 is 1.40.